The van der Waals surface area contributed by atoms with Gasteiger partial charge in [-0.05, 0) is 74.8 Å². The van der Waals surface area contributed by atoms with Crippen molar-refractivity contribution in [1.29, 1.82) is 0 Å². The Bertz CT molecular complexity index is 2200. The molecule has 18 heteroatoms. The van der Waals surface area contributed by atoms with Crippen LogP contribution in [0.2, 0.25) is 5.02 Å². The summed E-state index contributed by atoms with van der Waals surface area (Å²) in [6, 6.07) is 3.38. The van der Waals surface area contributed by atoms with Crippen molar-refractivity contribution in [1.82, 2.24) is 30.4 Å². The number of aromatic nitrogens is 2. The first-order valence-corrected chi connectivity index (χ1v) is 23.6. The van der Waals surface area contributed by atoms with Crippen molar-refractivity contribution >= 4 is 62.8 Å². The summed E-state index contributed by atoms with van der Waals surface area (Å²) >= 11 is 8.55. The number of pyridine rings is 1. The van der Waals surface area contributed by atoms with Crippen molar-refractivity contribution in [3.05, 3.63) is 28.6 Å². The fourth-order valence-corrected chi connectivity index (χ4v) is 10.5. The molecular weight excluding hydrogens is 850 g/mol. The fourth-order valence-electron chi connectivity index (χ4n) is 9.38. The first-order valence-electron chi connectivity index (χ1n) is 22.3. The number of carbonyl (C=O) groups excluding carboxylic acids is 3. The SMILES string of the molecule is CC[C@@H]1CC1(NC(=O)[C@@H]1C[C@@H](Oc2cc(-c3csc(NC(C)C)n3)nc3c(Cl)c(OCCN4CCOCC4)ccc23)CN1C(=O)[C@@H](NC(=O)OC1C[C@@H]2C[C@@H]2C1)C(C)(C)C)C(=O)O. The number of ether oxygens (including phenoxy) is 4. The molecular formula is C45H60ClN7O9S. The lowest BCUT2D eigenvalue weighted by atomic mass is 9.85. The van der Waals surface area contributed by atoms with Gasteiger partial charge >= 0.3 is 12.1 Å². The van der Waals surface area contributed by atoms with E-state index in [4.69, 9.17) is 40.5 Å². The number of fused-ring (bicyclic) bond motifs is 2. The van der Waals surface area contributed by atoms with Crippen LogP contribution in [0.4, 0.5) is 9.93 Å². The van der Waals surface area contributed by atoms with Crippen LogP contribution in [0.5, 0.6) is 11.5 Å². The zero-order valence-electron chi connectivity index (χ0n) is 36.9. The smallest absolute Gasteiger partial charge is 0.408 e. The number of likely N-dealkylation sites (tertiary alicyclic amines) is 1. The van der Waals surface area contributed by atoms with Gasteiger partial charge in [-0.15, -0.1) is 11.3 Å². The minimum atomic E-state index is -1.42. The normalized spacial score (nSPS) is 27.1. The Morgan fingerprint density at radius 1 is 1.03 bits per heavy atom. The molecule has 5 fully saturated rings. The molecule has 2 unspecified atom stereocenters. The number of aliphatic carboxylic acids is 1. The Hall–Kier alpha value is -4.45. The van der Waals surface area contributed by atoms with Crippen LogP contribution in [0.3, 0.4) is 0 Å². The minimum absolute atomic E-state index is 0.0295. The van der Waals surface area contributed by atoms with Gasteiger partial charge in [0.2, 0.25) is 11.8 Å². The maximum absolute atomic E-state index is 14.8. The van der Waals surface area contributed by atoms with E-state index in [1.54, 1.807) is 12.1 Å². The molecule has 8 atom stereocenters. The summed E-state index contributed by atoms with van der Waals surface area (Å²) in [5.41, 5.74) is -0.683. The van der Waals surface area contributed by atoms with Crippen molar-refractivity contribution in [3.63, 3.8) is 0 Å². The van der Waals surface area contributed by atoms with Gasteiger partial charge in [-0.2, -0.15) is 0 Å². The average Bonchev–Trinajstić information content (AvgIpc) is 3.91. The van der Waals surface area contributed by atoms with Gasteiger partial charge in [0.25, 0.3) is 0 Å². The van der Waals surface area contributed by atoms with E-state index < -0.39 is 53.0 Å². The molecule has 2 aliphatic heterocycles. The van der Waals surface area contributed by atoms with Crippen LogP contribution in [0.15, 0.2) is 23.6 Å². The molecule has 2 aromatic heterocycles. The largest absolute Gasteiger partial charge is 0.491 e. The number of amides is 3. The second-order valence-corrected chi connectivity index (χ2v) is 20.4. The number of morpholine rings is 1. The Labute approximate surface area is 377 Å². The maximum atomic E-state index is 14.8. The lowest BCUT2D eigenvalue weighted by Gasteiger charge is -2.35. The summed E-state index contributed by atoms with van der Waals surface area (Å²) < 4.78 is 24.3. The molecule has 4 heterocycles. The molecule has 2 saturated heterocycles. The van der Waals surface area contributed by atoms with Gasteiger partial charge in [-0.25, -0.2) is 19.6 Å². The molecule has 1 aromatic carbocycles. The predicted octanol–water partition coefficient (Wildman–Crippen LogP) is 6.20. The first-order chi connectivity index (χ1) is 30.0. The summed E-state index contributed by atoms with van der Waals surface area (Å²) in [4.78, 5) is 68.5. The number of nitrogens with zero attached hydrogens (tertiary/aromatic N) is 4. The van der Waals surface area contributed by atoms with E-state index in [1.165, 1.54) is 22.7 Å². The van der Waals surface area contributed by atoms with Gasteiger partial charge in [0, 0.05) is 48.9 Å². The molecule has 3 aromatic rings. The highest BCUT2D eigenvalue weighted by Crippen LogP contribution is 2.52. The number of alkyl carbamates (subject to hydrolysis) is 1. The van der Waals surface area contributed by atoms with Crippen molar-refractivity contribution < 1.29 is 43.2 Å². The molecule has 3 amide bonds. The quantitative estimate of drug-likeness (QED) is 0.127. The first kappa shape index (κ1) is 45.1. The zero-order chi connectivity index (χ0) is 44.8. The molecule has 5 aliphatic rings. The van der Waals surface area contributed by atoms with Crippen LogP contribution in [-0.4, -0.2) is 131 Å². The third kappa shape index (κ3) is 9.96. The van der Waals surface area contributed by atoms with Gasteiger partial charge in [0.15, 0.2) is 5.13 Å². The molecule has 0 spiro atoms. The molecule has 63 heavy (non-hydrogen) atoms. The van der Waals surface area contributed by atoms with Gasteiger partial charge in [0.05, 0.1) is 31.0 Å². The molecule has 8 rings (SSSR count). The Morgan fingerprint density at radius 2 is 1.78 bits per heavy atom. The van der Waals surface area contributed by atoms with E-state index in [-0.39, 0.29) is 31.0 Å². The molecule has 3 aliphatic carbocycles. The standard InChI is InChI=1S/C45H60ClN7O9S/c1-7-27-21-45(27,41(56)57)51-39(54)33-19-29(22-53(33)40(55)38(44(4,5)6)50-43(58)62-28-17-25-16-26(25)18-28)61-35-20-31(32-23-63-42(49-32)47-24(2)3)48-37-30(35)8-9-34(36(37)46)60-15-12-52-10-13-59-14-11-52/h8-9,20,23-29,33,38H,7,10-19,21-22H2,1-6H3,(H,47,49)(H,50,58)(H,51,54)(H,56,57)/t25-,26+,27-,28?,29-,33+,38-,45?/m1/s1. The van der Waals surface area contributed by atoms with Crippen molar-refractivity contribution in [2.45, 2.75) is 116 Å². The second kappa shape index (κ2) is 18.2. The van der Waals surface area contributed by atoms with E-state index in [0.717, 1.165) is 31.1 Å². The van der Waals surface area contributed by atoms with Gasteiger partial charge in [-0.1, -0.05) is 45.7 Å². The van der Waals surface area contributed by atoms with E-state index >= 15 is 0 Å². The lowest BCUT2D eigenvalue weighted by Crippen LogP contribution is -2.59. The van der Waals surface area contributed by atoms with Gasteiger partial charge in [-0.3, -0.25) is 14.5 Å². The topological polar surface area (TPSA) is 194 Å². The van der Waals surface area contributed by atoms with Crippen LogP contribution in [0.1, 0.15) is 80.1 Å². The average molecular weight is 911 g/mol. The predicted molar refractivity (Wildman–Crippen MR) is 238 cm³/mol. The summed E-state index contributed by atoms with van der Waals surface area (Å²) in [7, 11) is 0. The number of halogens is 1. The number of carboxylic acids is 1. The highest BCUT2D eigenvalue weighted by Gasteiger charge is 2.61. The monoisotopic (exact) mass is 909 g/mol. The van der Waals surface area contributed by atoms with Crippen LogP contribution >= 0.6 is 22.9 Å². The van der Waals surface area contributed by atoms with Crippen LogP contribution in [0, 0.1) is 23.2 Å². The van der Waals surface area contributed by atoms with Crippen molar-refractivity contribution in [2.75, 3.05) is 51.3 Å². The number of hydrogen-bond donors (Lipinski definition) is 4. The number of anilines is 1. The Balaban J connectivity index is 1.09. The third-order valence-corrected chi connectivity index (χ3v) is 14.2. The van der Waals surface area contributed by atoms with E-state index in [9.17, 15) is 24.3 Å². The number of carboxylic acid groups (broad SMARTS) is 1. The third-order valence-electron chi connectivity index (χ3n) is 13.1. The van der Waals surface area contributed by atoms with Crippen LogP contribution < -0.4 is 25.4 Å². The summed E-state index contributed by atoms with van der Waals surface area (Å²) in [5.74, 6) is -0.376. The van der Waals surface area contributed by atoms with Crippen molar-refractivity contribution in [3.8, 4) is 22.9 Å². The summed E-state index contributed by atoms with van der Waals surface area (Å²) in [6.07, 6.45) is 2.11. The second-order valence-electron chi connectivity index (χ2n) is 19.2. The number of rotatable bonds is 16. The highest BCUT2D eigenvalue weighted by atomic mass is 35.5. The Kier molecular flexibility index (Phi) is 13.0. The van der Waals surface area contributed by atoms with E-state index in [0.29, 0.717) is 89.9 Å². The fraction of sp³-hybridized carbons (Fsp3) is 0.644. The van der Waals surface area contributed by atoms with Crippen LogP contribution in [0.25, 0.3) is 22.3 Å². The molecule has 0 radical (unpaired) electrons. The number of thiazole rings is 1. The van der Waals surface area contributed by atoms with Gasteiger partial charge < -0.3 is 44.9 Å². The Morgan fingerprint density at radius 3 is 2.44 bits per heavy atom. The molecule has 3 saturated carbocycles. The number of carbonyl (C=O) groups is 4. The molecule has 16 nitrogen and oxygen atoms in total. The van der Waals surface area contributed by atoms with E-state index in [1.807, 2.05) is 53.0 Å². The zero-order valence-corrected chi connectivity index (χ0v) is 38.5. The van der Waals surface area contributed by atoms with Crippen molar-refractivity contribution in [2.24, 2.45) is 23.2 Å². The lowest BCUT2D eigenvalue weighted by molar-refractivity contribution is -0.146. The molecule has 342 valence electrons. The molecule has 0 bridgehead atoms. The minimum Gasteiger partial charge on any atom is -0.491 e. The molecule has 4 N–H and O–H groups in total. The summed E-state index contributed by atoms with van der Waals surface area (Å²) in [6.45, 7) is 15.6. The maximum Gasteiger partial charge on any atom is 0.408 e. The highest BCUT2D eigenvalue weighted by molar-refractivity contribution is 7.14. The number of hydrogen-bond acceptors (Lipinski definition) is 13. The van der Waals surface area contributed by atoms with Gasteiger partial charge in [0.1, 0.15) is 58.7 Å². The number of nitrogens with one attached hydrogen (secondary N) is 3. The van der Waals surface area contributed by atoms with E-state index in [2.05, 4.69) is 20.9 Å². The number of benzene rings is 1. The van der Waals surface area contributed by atoms with Crippen LogP contribution in [-0.2, 0) is 23.9 Å². The summed E-state index contributed by atoms with van der Waals surface area (Å²) in [5, 5.41) is 22.7.